The molecular weight excluding hydrogens is 426 g/mol. The molecule has 1 unspecified atom stereocenters. The van der Waals surface area contributed by atoms with Gasteiger partial charge in [0.1, 0.15) is 11.7 Å². The van der Waals surface area contributed by atoms with Crippen LogP contribution in [0.15, 0.2) is 90.0 Å². The Morgan fingerprint density at radius 1 is 0.969 bits per heavy atom. The van der Waals surface area contributed by atoms with Crippen molar-refractivity contribution in [1.82, 2.24) is 5.32 Å². The number of carbonyl (C=O) groups excluding carboxylic acids is 1. The molecule has 1 amide bonds. The van der Waals surface area contributed by atoms with Crippen molar-refractivity contribution in [3.05, 3.63) is 96.2 Å². The Bertz CT molecular complexity index is 1220. The summed E-state index contributed by atoms with van der Waals surface area (Å²) in [6.45, 7) is 5.76. The minimum atomic E-state index is -3.85. The lowest BCUT2D eigenvalue weighted by molar-refractivity contribution is -0.116. The fourth-order valence-corrected chi connectivity index (χ4v) is 4.20. The van der Waals surface area contributed by atoms with Crippen molar-refractivity contribution < 1.29 is 18.3 Å². The number of aryl methyl sites for hydroxylation is 1. The van der Waals surface area contributed by atoms with E-state index in [9.17, 15) is 18.3 Å². The number of sulfonamides is 1. The van der Waals surface area contributed by atoms with Crippen molar-refractivity contribution in [1.29, 1.82) is 0 Å². The second-order valence-corrected chi connectivity index (χ2v) is 8.94. The molecule has 3 rings (SSSR count). The van der Waals surface area contributed by atoms with Gasteiger partial charge in [0.05, 0.1) is 4.90 Å². The second kappa shape index (κ2) is 9.57. The van der Waals surface area contributed by atoms with E-state index in [0.29, 0.717) is 11.4 Å². The van der Waals surface area contributed by atoms with Crippen LogP contribution >= 0.6 is 0 Å². The minimum absolute atomic E-state index is 0.107. The van der Waals surface area contributed by atoms with Gasteiger partial charge in [-0.05, 0) is 49.4 Å². The molecule has 4 N–H and O–H groups in total. The van der Waals surface area contributed by atoms with Gasteiger partial charge in [-0.3, -0.25) is 9.52 Å². The molecule has 0 saturated carbocycles. The van der Waals surface area contributed by atoms with Gasteiger partial charge in [-0.25, -0.2) is 8.42 Å². The summed E-state index contributed by atoms with van der Waals surface area (Å²) in [7, 11) is -2.23. The number of phenols is 1. The van der Waals surface area contributed by atoms with Crippen molar-refractivity contribution in [3.8, 4) is 5.75 Å². The van der Waals surface area contributed by atoms with Gasteiger partial charge in [0, 0.05) is 29.7 Å². The van der Waals surface area contributed by atoms with Crippen LogP contribution in [0, 0.1) is 6.92 Å². The van der Waals surface area contributed by atoms with Crippen LogP contribution in [0.1, 0.15) is 17.0 Å². The molecule has 32 heavy (non-hydrogen) atoms. The maximum absolute atomic E-state index is 13.1. The summed E-state index contributed by atoms with van der Waals surface area (Å²) in [4.78, 5) is 13.2. The molecule has 166 valence electrons. The van der Waals surface area contributed by atoms with Crippen molar-refractivity contribution in [3.63, 3.8) is 0 Å². The zero-order chi connectivity index (χ0) is 23.3. The van der Waals surface area contributed by atoms with Crippen LogP contribution in [0.2, 0.25) is 0 Å². The van der Waals surface area contributed by atoms with E-state index in [-0.39, 0.29) is 21.9 Å². The molecular formula is C24H25N3O4S. The van der Waals surface area contributed by atoms with Crippen LogP contribution in [-0.2, 0) is 14.8 Å². The second-order valence-electron chi connectivity index (χ2n) is 7.26. The lowest BCUT2D eigenvalue weighted by Gasteiger charge is -2.21. The lowest BCUT2D eigenvalue weighted by Crippen LogP contribution is -2.27. The number of rotatable bonds is 8. The summed E-state index contributed by atoms with van der Waals surface area (Å²) in [5.74, 6) is -1.55. The van der Waals surface area contributed by atoms with Gasteiger partial charge in [-0.1, -0.05) is 42.5 Å². The number of amides is 1. The fourth-order valence-electron chi connectivity index (χ4n) is 3.15. The topological polar surface area (TPSA) is 108 Å². The molecule has 7 nitrogen and oxygen atoms in total. The van der Waals surface area contributed by atoms with E-state index in [0.717, 1.165) is 5.56 Å². The van der Waals surface area contributed by atoms with Gasteiger partial charge >= 0.3 is 0 Å². The first-order valence-corrected chi connectivity index (χ1v) is 11.3. The molecule has 0 radical (unpaired) electrons. The number of aromatic hydroxyl groups is 1. The van der Waals surface area contributed by atoms with Crippen LogP contribution in [-0.4, -0.2) is 26.5 Å². The first-order valence-electron chi connectivity index (χ1n) is 9.86. The third-order valence-electron chi connectivity index (χ3n) is 4.90. The molecule has 0 aliphatic rings. The highest BCUT2D eigenvalue weighted by Gasteiger charge is 2.27. The number of hydrogen-bond donors (Lipinski definition) is 4. The van der Waals surface area contributed by atoms with Gasteiger partial charge < -0.3 is 15.7 Å². The number of benzene rings is 3. The van der Waals surface area contributed by atoms with Crippen LogP contribution in [0.5, 0.6) is 5.75 Å². The van der Waals surface area contributed by atoms with Gasteiger partial charge in [-0.15, -0.1) is 0 Å². The smallest absolute Gasteiger partial charge is 0.261 e. The number of likely N-dealkylation sites (N-methyl/N-ethyl adjacent to an activating group) is 1. The molecule has 8 heteroatoms. The maximum atomic E-state index is 13.1. The Labute approximate surface area is 187 Å². The first kappa shape index (κ1) is 22.9. The van der Waals surface area contributed by atoms with Crippen molar-refractivity contribution in [2.24, 2.45) is 0 Å². The molecule has 0 spiro atoms. The third-order valence-corrected chi connectivity index (χ3v) is 6.29. The van der Waals surface area contributed by atoms with Gasteiger partial charge in [0.25, 0.3) is 10.0 Å². The first-order chi connectivity index (χ1) is 15.2. The number of phenolic OH excluding ortho intramolecular Hbond substituents is 1. The van der Waals surface area contributed by atoms with Gasteiger partial charge in [0.15, 0.2) is 0 Å². The molecule has 0 heterocycles. The summed E-state index contributed by atoms with van der Waals surface area (Å²) in [6.07, 6.45) is 0. The van der Waals surface area contributed by atoms with Gasteiger partial charge in [0.2, 0.25) is 5.91 Å². The van der Waals surface area contributed by atoms with Crippen LogP contribution in [0.25, 0.3) is 0 Å². The Balaban J connectivity index is 1.94. The van der Waals surface area contributed by atoms with E-state index in [4.69, 9.17) is 0 Å². The number of nitrogens with one attached hydrogen (secondary N) is 3. The normalized spacial score (nSPS) is 11.9. The van der Waals surface area contributed by atoms with Crippen molar-refractivity contribution in [2.75, 3.05) is 17.1 Å². The van der Waals surface area contributed by atoms with E-state index >= 15 is 0 Å². The van der Waals surface area contributed by atoms with Gasteiger partial charge in [-0.2, -0.15) is 0 Å². The average Bonchev–Trinajstić information content (AvgIpc) is 2.76. The Morgan fingerprint density at radius 3 is 2.25 bits per heavy atom. The minimum Gasteiger partial charge on any atom is -0.508 e. The Morgan fingerprint density at radius 2 is 1.62 bits per heavy atom. The molecule has 3 aromatic carbocycles. The van der Waals surface area contributed by atoms with E-state index in [1.807, 2.05) is 13.0 Å². The van der Waals surface area contributed by atoms with E-state index in [1.54, 1.807) is 43.4 Å². The van der Waals surface area contributed by atoms with E-state index in [1.165, 1.54) is 30.3 Å². The summed E-state index contributed by atoms with van der Waals surface area (Å²) >= 11 is 0. The Hall–Kier alpha value is -3.78. The van der Waals surface area contributed by atoms with Crippen LogP contribution < -0.4 is 15.4 Å². The van der Waals surface area contributed by atoms with Crippen LogP contribution in [0.3, 0.4) is 0 Å². The summed E-state index contributed by atoms with van der Waals surface area (Å²) in [6, 6.07) is 19.5. The van der Waals surface area contributed by atoms with E-state index in [2.05, 4.69) is 21.9 Å². The zero-order valence-electron chi connectivity index (χ0n) is 17.8. The quantitative estimate of drug-likeness (QED) is 0.388. The molecule has 0 aliphatic carbocycles. The molecule has 3 aromatic rings. The third kappa shape index (κ3) is 5.28. The standard InChI is InChI=1S/C24H25N3O4S/c1-16-9-12-20(13-10-16)32(30,31)27-19-11-14-22(28)21(15-19)23(17(2)25-3)24(29)26-18-7-5-4-6-8-18/h4-15,23,25,27-28H,2H2,1,3H3,(H,26,29). The fraction of sp³-hybridized carbons (Fsp3) is 0.125. The van der Waals surface area contributed by atoms with Crippen molar-refractivity contribution >= 4 is 27.3 Å². The zero-order valence-corrected chi connectivity index (χ0v) is 18.6. The molecule has 0 saturated heterocycles. The highest BCUT2D eigenvalue weighted by Crippen LogP contribution is 2.33. The number of carbonyl (C=O) groups is 1. The summed E-state index contributed by atoms with van der Waals surface area (Å²) in [5, 5.41) is 16.1. The highest BCUT2D eigenvalue weighted by atomic mass is 32.2. The predicted octanol–water partition coefficient (Wildman–Crippen LogP) is 3.96. The summed E-state index contributed by atoms with van der Waals surface area (Å²) < 4.78 is 28.0. The lowest BCUT2D eigenvalue weighted by atomic mass is 9.93. The van der Waals surface area contributed by atoms with Crippen LogP contribution in [0.4, 0.5) is 11.4 Å². The molecule has 1 atom stereocenters. The molecule has 0 bridgehead atoms. The number of anilines is 2. The largest absolute Gasteiger partial charge is 0.508 e. The maximum Gasteiger partial charge on any atom is 0.261 e. The SMILES string of the molecule is C=C(NC)C(C(=O)Nc1ccccc1)c1cc(NS(=O)(=O)c2ccc(C)cc2)ccc1O. The predicted molar refractivity (Wildman–Crippen MR) is 126 cm³/mol. The number of hydrogen-bond acceptors (Lipinski definition) is 5. The number of para-hydroxylation sites is 1. The van der Waals surface area contributed by atoms with Crippen molar-refractivity contribution in [2.45, 2.75) is 17.7 Å². The highest BCUT2D eigenvalue weighted by molar-refractivity contribution is 7.92. The molecule has 0 aromatic heterocycles. The average molecular weight is 452 g/mol. The Kier molecular flexibility index (Phi) is 6.85. The molecule has 0 aliphatic heterocycles. The molecule has 0 fully saturated rings. The van der Waals surface area contributed by atoms with E-state index < -0.39 is 21.8 Å². The monoisotopic (exact) mass is 451 g/mol. The summed E-state index contributed by atoms with van der Waals surface area (Å²) in [5.41, 5.74) is 2.28.